The molecule has 0 radical (unpaired) electrons. The van der Waals surface area contributed by atoms with E-state index in [0.717, 1.165) is 50.4 Å². The highest BCUT2D eigenvalue weighted by atomic mass is 16.5. The fraction of sp³-hybridized carbons (Fsp3) is 0.500. The number of carbonyl (C=O) groups is 1. The van der Waals surface area contributed by atoms with Crippen LogP contribution in [0.2, 0.25) is 0 Å². The minimum atomic E-state index is -0.774. The third kappa shape index (κ3) is 3.82. The average Bonchev–Trinajstić information content (AvgIpc) is 2.56. The molecule has 18 heavy (non-hydrogen) atoms. The predicted octanol–water partition coefficient (Wildman–Crippen LogP) is 1.61. The molecule has 1 N–H and O–H groups in total. The monoisotopic (exact) mass is 249 g/mol. The van der Waals surface area contributed by atoms with Crippen LogP contribution in [0.1, 0.15) is 12.8 Å². The number of hydrogen-bond acceptors (Lipinski definition) is 3. The average molecular weight is 249 g/mol. The number of hydrogen-bond donors (Lipinski definition) is 1. The van der Waals surface area contributed by atoms with Gasteiger partial charge < -0.3 is 9.84 Å². The Morgan fingerprint density at radius 3 is 2.56 bits per heavy atom. The second-order valence-corrected chi connectivity index (χ2v) is 4.55. The molecule has 1 aliphatic carbocycles. The summed E-state index contributed by atoms with van der Waals surface area (Å²) in [6.07, 6.45) is 9.08. The van der Waals surface area contributed by atoms with E-state index in [9.17, 15) is 4.79 Å². The van der Waals surface area contributed by atoms with Gasteiger partial charge in [-0.15, -0.1) is 0 Å². The van der Waals surface area contributed by atoms with Crippen LogP contribution in [0.25, 0.3) is 0 Å². The molecule has 1 aliphatic heterocycles. The maximum absolute atomic E-state index is 10.9. The van der Waals surface area contributed by atoms with Crippen molar-refractivity contribution >= 4 is 5.97 Å². The molecule has 0 atom stereocenters. The van der Waals surface area contributed by atoms with Crippen LogP contribution in [0, 0.1) is 0 Å². The van der Waals surface area contributed by atoms with Crippen molar-refractivity contribution < 1.29 is 14.6 Å². The number of rotatable bonds is 4. The Bertz CT molecular complexity index is 390. The maximum atomic E-state index is 10.9. The lowest BCUT2D eigenvalue weighted by atomic mass is 10.0. The number of morpholine rings is 1. The quantitative estimate of drug-likeness (QED) is 0.822. The molecule has 0 amide bonds. The molecule has 4 nitrogen and oxygen atoms in total. The van der Waals surface area contributed by atoms with Gasteiger partial charge in [-0.3, -0.25) is 9.69 Å². The largest absolute Gasteiger partial charge is 0.481 e. The summed E-state index contributed by atoms with van der Waals surface area (Å²) in [4.78, 5) is 13.2. The van der Waals surface area contributed by atoms with E-state index in [1.165, 1.54) is 0 Å². The Balaban J connectivity index is 2.10. The number of nitrogens with zero attached hydrogens (tertiary/aromatic N) is 1. The lowest BCUT2D eigenvalue weighted by Crippen LogP contribution is -2.37. The van der Waals surface area contributed by atoms with Gasteiger partial charge in [0.25, 0.3) is 0 Å². The summed E-state index contributed by atoms with van der Waals surface area (Å²) in [6.45, 7) is 4.18. The molecule has 1 heterocycles. The molecule has 0 aromatic rings. The van der Waals surface area contributed by atoms with E-state index in [4.69, 9.17) is 9.84 Å². The molecule has 0 aromatic carbocycles. The summed E-state index contributed by atoms with van der Waals surface area (Å²) in [6, 6.07) is 0. The van der Waals surface area contributed by atoms with Crippen molar-refractivity contribution in [3.8, 4) is 0 Å². The van der Waals surface area contributed by atoms with Crippen molar-refractivity contribution in [3.05, 3.63) is 35.5 Å². The Morgan fingerprint density at radius 1 is 1.22 bits per heavy atom. The summed E-state index contributed by atoms with van der Waals surface area (Å²) >= 11 is 0. The Labute approximate surface area is 107 Å². The zero-order chi connectivity index (χ0) is 12.8. The van der Waals surface area contributed by atoms with Crippen molar-refractivity contribution in [1.82, 2.24) is 4.90 Å². The first kappa shape index (κ1) is 13.1. The highest BCUT2D eigenvalue weighted by Crippen LogP contribution is 2.18. The molecule has 0 unspecified atom stereocenters. The zero-order valence-corrected chi connectivity index (χ0v) is 10.5. The van der Waals surface area contributed by atoms with Crippen molar-refractivity contribution in [2.75, 3.05) is 32.8 Å². The van der Waals surface area contributed by atoms with Crippen LogP contribution in [0.15, 0.2) is 35.5 Å². The topological polar surface area (TPSA) is 49.8 Å². The second-order valence-electron chi connectivity index (χ2n) is 4.55. The van der Waals surface area contributed by atoms with Gasteiger partial charge in [0.1, 0.15) is 0 Å². The van der Waals surface area contributed by atoms with Gasteiger partial charge >= 0.3 is 5.97 Å². The van der Waals surface area contributed by atoms with E-state index in [0.29, 0.717) is 0 Å². The summed E-state index contributed by atoms with van der Waals surface area (Å²) in [5.41, 5.74) is 2.04. The number of carboxylic acid groups (broad SMARTS) is 1. The van der Waals surface area contributed by atoms with Gasteiger partial charge in [0, 0.05) is 19.6 Å². The molecule has 0 saturated carbocycles. The van der Waals surface area contributed by atoms with Crippen LogP contribution in [0.4, 0.5) is 0 Å². The second kappa shape index (κ2) is 6.52. The molecule has 1 saturated heterocycles. The van der Waals surface area contributed by atoms with E-state index in [1.807, 2.05) is 12.2 Å². The molecule has 2 rings (SSSR count). The molecule has 0 spiro atoms. The van der Waals surface area contributed by atoms with Gasteiger partial charge in [-0.05, 0) is 17.6 Å². The molecule has 1 fully saturated rings. The minimum Gasteiger partial charge on any atom is -0.481 e. The number of carboxylic acids is 1. The molecule has 2 aliphatic rings. The van der Waals surface area contributed by atoms with Gasteiger partial charge in [-0.25, -0.2) is 0 Å². The highest BCUT2D eigenvalue weighted by molar-refractivity contribution is 5.71. The fourth-order valence-electron chi connectivity index (χ4n) is 2.20. The Hall–Kier alpha value is -1.39. The van der Waals surface area contributed by atoms with Crippen LogP contribution < -0.4 is 0 Å². The first-order valence-corrected chi connectivity index (χ1v) is 6.32. The summed E-state index contributed by atoms with van der Waals surface area (Å²) in [7, 11) is 0. The van der Waals surface area contributed by atoms with E-state index < -0.39 is 5.97 Å². The van der Waals surface area contributed by atoms with Gasteiger partial charge in [0.15, 0.2) is 0 Å². The van der Waals surface area contributed by atoms with Crippen LogP contribution in [-0.2, 0) is 9.53 Å². The van der Waals surface area contributed by atoms with E-state index in [-0.39, 0.29) is 6.42 Å². The number of ether oxygens (including phenoxy) is 1. The van der Waals surface area contributed by atoms with E-state index in [1.54, 1.807) is 0 Å². The predicted molar refractivity (Wildman–Crippen MR) is 69.4 cm³/mol. The summed E-state index contributed by atoms with van der Waals surface area (Å²) in [5, 5.41) is 8.96. The Morgan fingerprint density at radius 2 is 1.89 bits per heavy atom. The smallest absolute Gasteiger partial charge is 0.307 e. The van der Waals surface area contributed by atoms with Crippen molar-refractivity contribution in [2.45, 2.75) is 12.8 Å². The molecular weight excluding hydrogens is 230 g/mol. The molecular formula is C14H19NO3. The Kier molecular flexibility index (Phi) is 4.73. The van der Waals surface area contributed by atoms with Gasteiger partial charge in [0.05, 0.1) is 19.6 Å². The van der Waals surface area contributed by atoms with Crippen molar-refractivity contribution in [1.29, 1.82) is 0 Å². The third-order valence-electron chi connectivity index (χ3n) is 3.16. The molecule has 4 heteroatoms. The van der Waals surface area contributed by atoms with E-state index in [2.05, 4.69) is 17.1 Å². The summed E-state index contributed by atoms with van der Waals surface area (Å²) < 4.78 is 5.32. The molecule has 98 valence electrons. The standard InChI is InChI=1S/C14H19NO3/c16-14(17)10-12-4-2-1-3-5-13(12)11-15-6-8-18-9-7-15/h2-5H,1,6-11H2,(H,16,17). The van der Waals surface area contributed by atoms with Crippen molar-refractivity contribution in [3.63, 3.8) is 0 Å². The van der Waals surface area contributed by atoms with Crippen LogP contribution in [0.3, 0.4) is 0 Å². The first-order valence-electron chi connectivity index (χ1n) is 6.32. The zero-order valence-electron chi connectivity index (χ0n) is 10.5. The SMILES string of the molecule is O=C(O)CC1=C(CN2CCOCC2)C=CCC=C1. The van der Waals surface area contributed by atoms with Gasteiger partial charge in [-0.2, -0.15) is 0 Å². The minimum absolute atomic E-state index is 0.0977. The first-order chi connectivity index (χ1) is 8.75. The maximum Gasteiger partial charge on any atom is 0.307 e. The van der Waals surface area contributed by atoms with Crippen molar-refractivity contribution in [2.24, 2.45) is 0 Å². The van der Waals surface area contributed by atoms with Crippen LogP contribution in [-0.4, -0.2) is 48.8 Å². The van der Waals surface area contributed by atoms with E-state index >= 15 is 0 Å². The third-order valence-corrected chi connectivity index (χ3v) is 3.16. The normalized spacial score (nSPS) is 21.1. The van der Waals surface area contributed by atoms with Crippen LogP contribution in [0.5, 0.6) is 0 Å². The van der Waals surface area contributed by atoms with Gasteiger partial charge in [0.2, 0.25) is 0 Å². The lowest BCUT2D eigenvalue weighted by Gasteiger charge is -2.27. The lowest BCUT2D eigenvalue weighted by molar-refractivity contribution is -0.136. The molecule has 0 aromatic heterocycles. The van der Waals surface area contributed by atoms with Crippen LogP contribution >= 0.6 is 0 Å². The fourth-order valence-corrected chi connectivity index (χ4v) is 2.20. The number of aliphatic carboxylic acids is 1. The molecule has 0 bridgehead atoms. The summed E-state index contributed by atoms with van der Waals surface area (Å²) in [5.74, 6) is -0.774. The highest BCUT2D eigenvalue weighted by Gasteiger charge is 2.14. The van der Waals surface area contributed by atoms with Gasteiger partial charge in [-0.1, -0.05) is 24.3 Å². The number of allylic oxidation sites excluding steroid dienone is 3.